The van der Waals surface area contributed by atoms with Gasteiger partial charge in [-0.25, -0.2) is 17.8 Å². The molecule has 2 N–H and O–H groups in total. The van der Waals surface area contributed by atoms with Crippen LogP contribution in [0.3, 0.4) is 0 Å². The molecule has 0 spiro atoms. The fourth-order valence-corrected chi connectivity index (χ4v) is 4.76. The first kappa shape index (κ1) is 21.7. The summed E-state index contributed by atoms with van der Waals surface area (Å²) in [7, 11) is -3.70. The van der Waals surface area contributed by atoms with Gasteiger partial charge in [-0.2, -0.15) is 0 Å². The van der Waals surface area contributed by atoms with Gasteiger partial charge in [0.1, 0.15) is 5.65 Å². The lowest BCUT2D eigenvalue weighted by Gasteiger charge is -2.13. The Kier molecular flexibility index (Phi) is 5.80. The number of carbonyl (C=O) groups excluding carboxylic acids is 1. The predicted octanol–water partition coefficient (Wildman–Crippen LogP) is 5.06. The standard InChI is InChI=1S/C24H22FN3O3S/c1-3-11-32(30,31)28-20-10-9-15(2)21(22(20)25)23(29)19-14-27-24-18(19)12-17(13-26-24)16-7-5-4-6-8-16/h4-10,12-14,28H,3,11H2,1-2H3,(H,26,27). The lowest BCUT2D eigenvalue weighted by molar-refractivity contribution is 0.103. The predicted molar refractivity (Wildman–Crippen MR) is 124 cm³/mol. The van der Waals surface area contributed by atoms with Crippen molar-refractivity contribution in [1.82, 2.24) is 9.97 Å². The number of anilines is 1. The zero-order chi connectivity index (χ0) is 22.9. The van der Waals surface area contributed by atoms with E-state index in [1.807, 2.05) is 36.4 Å². The van der Waals surface area contributed by atoms with E-state index in [1.54, 1.807) is 20.0 Å². The molecule has 0 atom stereocenters. The third-order valence-electron chi connectivity index (χ3n) is 5.20. The van der Waals surface area contributed by atoms with Crippen LogP contribution in [0.1, 0.15) is 34.8 Å². The van der Waals surface area contributed by atoms with Crippen molar-refractivity contribution in [1.29, 1.82) is 0 Å². The number of ketones is 1. The van der Waals surface area contributed by atoms with Crippen molar-refractivity contribution in [2.45, 2.75) is 20.3 Å². The van der Waals surface area contributed by atoms with Crippen LogP contribution in [0.25, 0.3) is 22.2 Å². The van der Waals surface area contributed by atoms with Crippen LogP contribution in [0.4, 0.5) is 10.1 Å². The van der Waals surface area contributed by atoms with Crippen molar-refractivity contribution in [3.63, 3.8) is 0 Å². The molecule has 2 aromatic carbocycles. The Morgan fingerprint density at radius 2 is 1.88 bits per heavy atom. The first-order valence-electron chi connectivity index (χ1n) is 10.2. The van der Waals surface area contributed by atoms with Crippen LogP contribution in [0.2, 0.25) is 0 Å². The van der Waals surface area contributed by atoms with E-state index >= 15 is 4.39 Å². The minimum Gasteiger partial charge on any atom is -0.345 e. The van der Waals surface area contributed by atoms with Gasteiger partial charge >= 0.3 is 0 Å². The maximum absolute atomic E-state index is 15.3. The number of sulfonamides is 1. The fraction of sp³-hybridized carbons (Fsp3) is 0.167. The number of aryl methyl sites for hydroxylation is 1. The number of hydrogen-bond donors (Lipinski definition) is 2. The van der Waals surface area contributed by atoms with Gasteiger partial charge in [0.05, 0.1) is 17.0 Å². The molecule has 32 heavy (non-hydrogen) atoms. The minimum atomic E-state index is -3.70. The van der Waals surface area contributed by atoms with E-state index in [2.05, 4.69) is 14.7 Å². The molecule has 0 saturated heterocycles. The molecule has 4 rings (SSSR count). The second-order valence-electron chi connectivity index (χ2n) is 7.56. The number of aromatic nitrogens is 2. The average molecular weight is 452 g/mol. The number of benzene rings is 2. The number of pyridine rings is 1. The Morgan fingerprint density at radius 1 is 1.12 bits per heavy atom. The first-order valence-corrected chi connectivity index (χ1v) is 11.8. The highest BCUT2D eigenvalue weighted by Gasteiger charge is 2.24. The number of halogens is 1. The molecular weight excluding hydrogens is 429 g/mol. The maximum Gasteiger partial charge on any atom is 0.232 e. The van der Waals surface area contributed by atoms with Crippen molar-refractivity contribution >= 4 is 32.5 Å². The van der Waals surface area contributed by atoms with E-state index < -0.39 is 21.6 Å². The molecule has 0 aliphatic heterocycles. The zero-order valence-electron chi connectivity index (χ0n) is 17.6. The van der Waals surface area contributed by atoms with Crippen LogP contribution in [0.5, 0.6) is 0 Å². The van der Waals surface area contributed by atoms with Crippen molar-refractivity contribution < 1.29 is 17.6 Å². The molecule has 0 unspecified atom stereocenters. The van der Waals surface area contributed by atoms with Gasteiger partial charge in [-0.3, -0.25) is 9.52 Å². The molecule has 0 saturated carbocycles. The zero-order valence-corrected chi connectivity index (χ0v) is 18.5. The van der Waals surface area contributed by atoms with E-state index in [0.29, 0.717) is 23.0 Å². The first-order chi connectivity index (χ1) is 15.3. The minimum absolute atomic E-state index is 0.139. The van der Waals surface area contributed by atoms with Gasteiger partial charge in [0.25, 0.3) is 0 Å². The molecule has 0 fully saturated rings. The molecule has 8 heteroatoms. The van der Waals surface area contributed by atoms with Gasteiger partial charge in [-0.1, -0.05) is 43.3 Å². The molecule has 2 aromatic heterocycles. The summed E-state index contributed by atoms with van der Waals surface area (Å²) in [6, 6.07) is 14.3. The van der Waals surface area contributed by atoms with Crippen LogP contribution >= 0.6 is 0 Å². The SMILES string of the molecule is CCCS(=O)(=O)Nc1ccc(C)c(C(=O)c2c[nH]c3ncc(-c4ccccc4)cc23)c1F. The summed E-state index contributed by atoms with van der Waals surface area (Å²) in [5, 5.41) is 0.562. The average Bonchev–Trinajstić information content (AvgIpc) is 3.19. The van der Waals surface area contributed by atoms with Crippen molar-refractivity contribution in [3.05, 3.63) is 83.4 Å². The van der Waals surface area contributed by atoms with E-state index in [0.717, 1.165) is 11.1 Å². The molecule has 4 aromatic rings. The Hall–Kier alpha value is -3.52. The van der Waals surface area contributed by atoms with Gasteiger partial charge in [-0.05, 0) is 36.6 Å². The van der Waals surface area contributed by atoms with E-state index in [-0.39, 0.29) is 22.6 Å². The Morgan fingerprint density at radius 3 is 2.59 bits per heavy atom. The molecule has 2 heterocycles. The fourth-order valence-electron chi connectivity index (χ4n) is 3.63. The summed E-state index contributed by atoms with van der Waals surface area (Å²) in [6.07, 6.45) is 3.60. The largest absolute Gasteiger partial charge is 0.345 e. The van der Waals surface area contributed by atoms with Gasteiger partial charge in [-0.15, -0.1) is 0 Å². The third-order valence-corrected chi connectivity index (χ3v) is 6.68. The quantitative estimate of drug-likeness (QED) is 0.384. The van der Waals surface area contributed by atoms with Gasteiger partial charge < -0.3 is 4.98 Å². The number of aromatic amines is 1. The van der Waals surface area contributed by atoms with Crippen LogP contribution in [-0.2, 0) is 10.0 Å². The summed E-state index contributed by atoms with van der Waals surface area (Å²) in [5.41, 5.74) is 2.53. The highest BCUT2D eigenvalue weighted by Crippen LogP contribution is 2.29. The second kappa shape index (κ2) is 8.55. The number of nitrogens with one attached hydrogen (secondary N) is 2. The Labute approximate surface area is 185 Å². The van der Waals surface area contributed by atoms with Gasteiger partial charge in [0, 0.05) is 28.9 Å². The van der Waals surface area contributed by atoms with Gasteiger partial charge in [0.2, 0.25) is 10.0 Å². The summed E-state index contributed by atoms with van der Waals surface area (Å²) >= 11 is 0. The smallest absolute Gasteiger partial charge is 0.232 e. The van der Waals surface area contributed by atoms with Crippen LogP contribution in [0.15, 0.2) is 60.9 Å². The summed E-state index contributed by atoms with van der Waals surface area (Å²) < 4.78 is 41.8. The van der Waals surface area contributed by atoms with Gasteiger partial charge in [0.15, 0.2) is 11.6 Å². The molecule has 164 valence electrons. The van der Waals surface area contributed by atoms with Crippen LogP contribution in [-0.4, -0.2) is 29.9 Å². The molecule has 0 aliphatic carbocycles. The molecule has 0 bridgehead atoms. The monoisotopic (exact) mass is 451 g/mol. The lowest BCUT2D eigenvalue weighted by Crippen LogP contribution is -2.18. The lowest BCUT2D eigenvalue weighted by atomic mass is 9.97. The Balaban J connectivity index is 1.79. The van der Waals surface area contributed by atoms with Crippen molar-refractivity contribution in [2.24, 2.45) is 0 Å². The molecular formula is C24H22FN3O3S. The van der Waals surface area contributed by atoms with E-state index in [9.17, 15) is 13.2 Å². The van der Waals surface area contributed by atoms with E-state index in [4.69, 9.17) is 0 Å². The van der Waals surface area contributed by atoms with E-state index in [1.165, 1.54) is 18.3 Å². The topological polar surface area (TPSA) is 91.9 Å². The van der Waals surface area contributed by atoms with Crippen molar-refractivity contribution in [3.8, 4) is 11.1 Å². The summed E-state index contributed by atoms with van der Waals surface area (Å²) in [6.45, 7) is 3.33. The molecule has 0 amide bonds. The van der Waals surface area contributed by atoms with Crippen molar-refractivity contribution in [2.75, 3.05) is 10.5 Å². The highest BCUT2D eigenvalue weighted by atomic mass is 32.2. The third kappa shape index (κ3) is 4.13. The normalized spacial score (nSPS) is 11.6. The number of nitrogens with zero attached hydrogens (tertiary/aromatic N) is 1. The molecule has 0 aliphatic rings. The Bertz CT molecular complexity index is 1410. The second-order valence-corrected chi connectivity index (χ2v) is 9.40. The number of rotatable bonds is 7. The number of fused-ring (bicyclic) bond motifs is 1. The number of carbonyl (C=O) groups is 1. The summed E-state index contributed by atoms with van der Waals surface area (Å²) in [5.74, 6) is -1.58. The maximum atomic E-state index is 15.3. The summed E-state index contributed by atoms with van der Waals surface area (Å²) in [4.78, 5) is 20.7. The van der Waals surface area contributed by atoms with Crippen LogP contribution in [0, 0.1) is 12.7 Å². The highest BCUT2D eigenvalue weighted by molar-refractivity contribution is 7.92. The molecule has 6 nitrogen and oxygen atoms in total. The number of hydrogen-bond acceptors (Lipinski definition) is 4. The molecule has 0 radical (unpaired) electrons. The van der Waals surface area contributed by atoms with Crippen LogP contribution < -0.4 is 4.72 Å². The number of H-pyrrole nitrogens is 1.